The van der Waals surface area contributed by atoms with Gasteiger partial charge in [0, 0.05) is 19.6 Å². The lowest BCUT2D eigenvalue weighted by Gasteiger charge is -2.22. The van der Waals surface area contributed by atoms with Crippen molar-refractivity contribution in [1.29, 1.82) is 0 Å². The summed E-state index contributed by atoms with van der Waals surface area (Å²) in [6.07, 6.45) is 0.523. The lowest BCUT2D eigenvalue weighted by molar-refractivity contribution is -0.146. The molecule has 2 atom stereocenters. The number of urea groups is 1. The molecule has 0 bridgehead atoms. The van der Waals surface area contributed by atoms with Gasteiger partial charge in [0.15, 0.2) is 0 Å². The summed E-state index contributed by atoms with van der Waals surface area (Å²) in [4.78, 5) is 24.6. The van der Waals surface area contributed by atoms with E-state index in [0.29, 0.717) is 37.9 Å². The van der Waals surface area contributed by atoms with Gasteiger partial charge in [-0.3, -0.25) is 4.79 Å². The second kappa shape index (κ2) is 5.59. The Labute approximate surface area is 109 Å². The molecule has 0 saturated carbocycles. The molecule has 1 heterocycles. The molecule has 1 saturated heterocycles. The Morgan fingerprint density at radius 3 is 2.44 bits per heavy atom. The summed E-state index contributed by atoms with van der Waals surface area (Å²) in [7, 11) is 0. The van der Waals surface area contributed by atoms with Crippen molar-refractivity contribution in [3.8, 4) is 0 Å². The second-order valence-corrected chi connectivity index (χ2v) is 5.94. The van der Waals surface area contributed by atoms with Crippen LogP contribution in [-0.2, 0) is 4.79 Å². The lowest BCUT2D eigenvalue weighted by Crippen LogP contribution is -2.42. The molecule has 0 aromatic carbocycles. The van der Waals surface area contributed by atoms with Crippen molar-refractivity contribution < 1.29 is 14.7 Å². The number of carbonyl (C=O) groups excluding carboxylic acids is 1. The van der Waals surface area contributed by atoms with Gasteiger partial charge in [-0.15, -0.1) is 0 Å². The molecule has 5 nitrogen and oxygen atoms in total. The molecular weight excluding hydrogens is 232 g/mol. The summed E-state index contributed by atoms with van der Waals surface area (Å²) in [6, 6.07) is -0.146. The molecule has 0 aromatic heterocycles. The maximum absolute atomic E-state index is 11.9. The predicted octanol–water partition coefficient (Wildman–Crippen LogP) is 1.78. The summed E-state index contributed by atoms with van der Waals surface area (Å²) in [5, 5.41) is 12.0. The van der Waals surface area contributed by atoms with Crippen LogP contribution in [0.1, 0.15) is 34.1 Å². The highest BCUT2D eigenvalue weighted by Crippen LogP contribution is 2.29. The van der Waals surface area contributed by atoms with Crippen LogP contribution in [0.5, 0.6) is 0 Å². The highest BCUT2D eigenvalue weighted by atomic mass is 16.4. The Bertz CT molecular complexity index is 330. The van der Waals surface area contributed by atoms with Crippen LogP contribution in [0, 0.1) is 17.3 Å². The summed E-state index contributed by atoms with van der Waals surface area (Å²) in [5.41, 5.74) is -0.791. The summed E-state index contributed by atoms with van der Waals surface area (Å²) in [6.45, 7) is 9.48. The van der Waals surface area contributed by atoms with E-state index in [0.717, 1.165) is 0 Å². The van der Waals surface area contributed by atoms with E-state index < -0.39 is 11.4 Å². The average molecular weight is 256 g/mol. The van der Waals surface area contributed by atoms with Crippen LogP contribution in [-0.4, -0.2) is 41.6 Å². The van der Waals surface area contributed by atoms with E-state index in [4.69, 9.17) is 5.11 Å². The third-order valence-electron chi connectivity index (χ3n) is 3.99. The largest absolute Gasteiger partial charge is 0.481 e. The zero-order valence-electron chi connectivity index (χ0n) is 11.7. The highest BCUT2D eigenvalue weighted by Gasteiger charge is 2.42. The van der Waals surface area contributed by atoms with Crippen molar-refractivity contribution in [2.75, 3.05) is 19.6 Å². The van der Waals surface area contributed by atoms with Crippen LogP contribution in [0.25, 0.3) is 0 Å². The van der Waals surface area contributed by atoms with Crippen LogP contribution in [0.2, 0.25) is 0 Å². The third kappa shape index (κ3) is 3.37. The molecule has 2 N–H and O–H groups in total. The normalized spacial score (nSPS) is 25.3. The Hall–Kier alpha value is -1.26. The molecule has 1 fully saturated rings. The molecule has 0 aromatic rings. The molecule has 2 unspecified atom stereocenters. The molecule has 1 rings (SSSR count). The Morgan fingerprint density at radius 1 is 1.39 bits per heavy atom. The minimum Gasteiger partial charge on any atom is -0.481 e. The van der Waals surface area contributed by atoms with Gasteiger partial charge >= 0.3 is 12.0 Å². The molecule has 2 amide bonds. The van der Waals surface area contributed by atoms with Gasteiger partial charge in [-0.25, -0.2) is 4.79 Å². The van der Waals surface area contributed by atoms with Crippen molar-refractivity contribution in [2.24, 2.45) is 17.3 Å². The summed E-state index contributed by atoms with van der Waals surface area (Å²) in [5.74, 6) is 0.115. The molecule has 1 aliphatic heterocycles. The van der Waals surface area contributed by atoms with Crippen molar-refractivity contribution in [1.82, 2.24) is 10.2 Å². The van der Waals surface area contributed by atoms with Crippen LogP contribution < -0.4 is 5.32 Å². The number of hydrogen-bond donors (Lipinski definition) is 2. The first-order valence-corrected chi connectivity index (χ1v) is 6.52. The van der Waals surface area contributed by atoms with Crippen molar-refractivity contribution in [3.63, 3.8) is 0 Å². The number of carboxylic acid groups (broad SMARTS) is 1. The van der Waals surface area contributed by atoms with Crippen molar-refractivity contribution >= 4 is 12.0 Å². The first-order chi connectivity index (χ1) is 8.26. The number of nitrogens with zero attached hydrogens (tertiary/aromatic N) is 1. The zero-order valence-corrected chi connectivity index (χ0v) is 11.7. The average Bonchev–Trinajstić information content (AvgIpc) is 2.69. The Morgan fingerprint density at radius 2 is 2.00 bits per heavy atom. The monoisotopic (exact) mass is 256 g/mol. The third-order valence-corrected chi connectivity index (χ3v) is 3.99. The van der Waals surface area contributed by atoms with E-state index in [1.165, 1.54) is 0 Å². The summed E-state index contributed by atoms with van der Waals surface area (Å²) < 4.78 is 0. The van der Waals surface area contributed by atoms with E-state index in [1.807, 2.05) is 0 Å². The van der Waals surface area contributed by atoms with E-state index in [9.17, 15) is 9.59 Å². The number of carboxylic acids is 1. The van der Waals surface area contributed by atoms with Crippen LogP contribution in [0.15, 0.2) is 0 Å². The number of amides is 2. The van der Waals surface area contributed by atoms with E-state index in [-0.39, 0.29) is 6.03 Å². The first-order valence-electron chi connectivity index (χ1n) is 6.52. The van der Waals surface area contributed by atoms with Crippen LogP contribution >= 0.6 is 0 Å². The molecular formula is C13H24N2O3. The highest BCUT2D eigenvalue weighted by molar-refractivity contribution is 5.79. The van der Waals surface area contributed by atoms with Gasteiger partial charge in [0.1, 0.15) is 0 Å². The molecule has 18 heavy (non-hydrogen) atoms. The molecule has 104 valence electrons. The quantitative estimate of drug-likeness (QED) is 0.805. The van der Waals surface area contributed by atoms with Gasteiger partial charge in [-0.2, -0.15) is 0 Å². The maximum Gasteiger partial charge on any atom is 0.317 e. The fourth-order valence-electron chi connectivity index (χ4n) is 1.90. The SMILES string of the molecule is CC(C)C(C)CNC(=O)N1CCC(C)(C(=O)O)C1. The smallest absolute Gasteiger partial charge is 0.317 e. The second-order valence-electron chi connectivity index (χ2n) is 5.94. The fourth-order valence-corrected chi connectivity index (χ4v) is 1.90. The number of rotatable bonds is 4. The predicted molar refractivity (Wildman–Crippen MR) is 69.3 cm³/mol. The van der Waals surface area contributed by atoms with Gasteiger partial charge in [0.25, 0.3) is 0 Å². The van der Waals surface area contributed by atoms with E-state index in [1.54, 1.807) is 11.8 Å². The first kappa shape index (κ1) is 14.8. The zero-order chi connectivity index (χ0) is 13.9. The number of aliphatic carboxylic acids is 1. The van der Waals surface area contributed by atoms with Crippen molar-refractivity contribution in [3.05, 3.63) is 0 Å². The number of likely N-dealkylation sites (tertiary alicyclic amines) is 1. The molecule has 1 aliphatic rings. The standard InChI is InChI=1S/C13H24N2O3/c1-9(2)10(3)7-14-12(18)15-6-5-13(4,8-15)11(16)17/h9-10H,5-8H2,1-4H3,(H,14,18)(H,16,17). The fraction of sp³-hybridized carbons (Fsp3) is 0.846. The van der Waals surface area contributed by atoms with E-state index in [2.05, 4.69) is 26.1 Å². The Balaban J connectivity index is 2.43. The molecule has 0 aliphatic carbocycles. The number of nitrogens with one attached hydrogen (secondary N) is 1. The van der Waals surface area contributed by atoms with Crippen LogP contribution in [0.3, 0.4) is 0 Å². The van der Waals surface area contributed by atoms with Crippen molar-refractivity contribution in [2.45, 2.75) is 34.1 Å². The van der Waals surface area contributed by atoms with Crippen LogP contribution in [0.4, 0.5) is 4.79 Å². The molecule has 0 spiro atoms. The Kier molecular flexibility index (Phi) is 4.59. The maximum atomic E-state index is 11.9. The van der Waals surface area contributed by atoms with Gasteiger partial charge < -0.3 is 15.3 Å². The topological polar surface area (TPSA) is 69.6 Å². The number of carbonyl (C=O) groups is 2. The van der Waals surface area contributed by atoms with Gasteiger partial charge in [-0.1, -0.05) is 20.8 Å². The minimum atomic E-state index is -0.826. The molecule has 5 heteroatoms. The summed E-state index contributed by atoms with van der Waals surface area (Å²) >= 11 is 0. The lowest BCUT2D eigenvalue weighted by atomic mass is 9.90. The van der Waals surface area contributed by atoms with Gasteiger partial charge in [-0.05, 0) is 25.2 Å². The minimum absolute atomic E-state index is 0.146. The van der Waals surface area contributed by atoms with E-state index >= 15 is 0 Å². The molecule has 0 radical (unpaired) electrons. The van der Waals surface area contributed by atoms with Gasteiger partial charge in [0.2, 0.25) is 0 Å². The number of hydrogen-bond acceptors (Lipinski definition) is 2. The van der Waals surface area contributed by atoms with Gasteiger partial charge in [0.05, 0.1) is 5.41 Å².